The minimum Gasteiger partial charge on any atom is -0.493 e. The van der Waals surface area contributed by atoms with Gasteiger partial charge in [-0.1, -0.05) is 18.2 Å². The number of nitrogens with one attached hydrogen (secondary N) is 1. The van der Waals surface area contributed by atoms with Gasteiger partial charge in [-0.05, 0) is 59.1 Å². The molecule has 2 aliphatic rings. The normalized spacial score (nSPS) is 26.9. The van der Waals surface area contributed by atoms with Gasteiger partial charge >= 0.3 is 5.97 Å². The summed E-state index contributed by atoms with van der Waals surface area (Å²) >= 11 is 3.45. The van der Waals surface area contributed by atoms with Crippen LogP contribution in [0.2, 0.25) is 0 Å². The smallest absolute Gasteiger partial charge is 0.324 e. The lowest BCUT2D eigenvalue weighted by Crippen LogP contribution is -2.53. The summed E-state index contributed by atoms with van der Waals surface area (Å²) < 4.78 is 11.4. The molecule has 0 saturated carbocycles. The van der Waals surface area contributed by atoms with Gasteiger partial charge in [0.05, 0.1) is 36.2 Å². The van der Waals surface area contributed by atoms with Crippen molar-refractivity contribution in [2.24, 2.45) is 11.8 Å². The van der Waals surface area contributed by atoms with Crippen LogP contribution in [0.15, 0.2) is 40.9 Å². The molecule has 168 valence electrons. The van der Waals surface area contributed by atoms with Crippen molar-refractivity contribution in [3.05, 3.63) is 52.0 Å². The monoisotopic (exact) mass is 502 g/mol. The third kappa shape index (κ3) is 3.10. The van der Waals surface area contributed by atoms with Gasteiger partial charge in [0.1, 0.15) is 5.54 Å². The molecule has 4 rings (SSSR count). The largest absolute Gasteiger partial charge is 0.493 e. The molecule has 0 bridgehead atoms. The maximum atomic E-state index is 13.6. The van der Waals surface area contributed by atoms with Crippen LogP contribution in [0.25, 0.3) is 0 Å². The molecule has 2 aliphatic heterocycles. The molecule has 8 nitrogen and oxygen atoms in total. The van der Waals surface area contributed by atoms with E-state index in [1.54, 1.807) is 24.3 Å². The van der Waals surface area contributed by atoms with Gasteiger partial charge in [0.2, 0.25) is 11.8 Å². The number of halogens is 1. The molecule has 2 heterocycles. The maximum absolute atomic E-state index is 13.6. The number of rotatable bonds is 5. The fourth-order valence-electron chi connectivity index (χ4n) is 4.79. The van der Waals surface area contributed by atoms with E-state index in [0.717, 1.165) is 10.5 Å². The molecule has 0 aromatic heterocycles. The zero-order valence-electron chi connectivity index (χ0n) is 18.0. The highest BCUT2D eigenvalue weighted by molar-refractivity contribution is 9.10. The summed E-state index contributed by atoms with van der Waals surface area (Å²) in [6, 6.07) is 9.79. The molecule has 0 radical (unpaired) electrons. The van der Waals surface area contributed by atoms with Crippen LogP contribution < -0.4 is 19.7 Å². The first-order valence-electron chi connectivity index (χ1n) is 10.0. The second-order valence-electron chi connectivity index (χ2n) is 8.17. The highest BCUT2D eigenvalue weighted by Crippen LogP contribution is 2.51. The number of carbonyl (C=O) groups excluding carboxylic acids is 2. The summed E-state index contributed by atoms with van der Waals surface area (Å²) in [6.07, 6.45) is 0. The number of anilines is 1. The molecule has 2 N–H and O–H groups in total. The summed E-state index contributed by atoms with van der Waals surface area (Å²) in [6.45, 7) is 3.26. The molecule has 2 aromatic rings. The lowest BCUT2D eigenvalue weighted by Gasteiger charge is -2.28. The van der Waals surface area contributed by atoms with E-state index in [-0.39, 0.29) is 0 Å². The van der Waals surface area contributed by atoms with Crippen molar-refractivity contribution < 1.29 is 29.0 Å². The summed E-state index contributed by atoms with van der Waals surface area (Å²) in [5.74, 6) is -3.20. The van der Waals surface area contributed by atoms with Crippen LogP contribution in [-0.2, 0) is 14.4 Å². The number of hydrogen-bond acceptors (Lipinski definition) is 6. The van der Waals surface area contributed by atoms with Crippen LogP contribution in [0.5, 0.6) is 11.5 Å². The molecule has 32 heavy (non-hydrogen) atoms. The van der Waals surface area contributed by atoms with E-state index in [0.29, 0.717) is 27.2 Å². The zero-order valence-corrected chi connectivity index (χ0v) is 19.6. The number of benzene rings is 2. The van der Waals surface area contributed by atoms with Gasteiger partial charge < -0.3 is 14.6 Å². The van der Waals surface area contributed by atoms with Crippen molar-refractivity contribution in [2.45, 2.75) is 25.4 Å². The van der Waals surface area contributed by atoms with E-state index in [4.69, 9.17) is 9.47 Å². The van der Waals surface area contributed by atoms with Crippen molar-refractivity contribution in [2.75, 3.05) is 19.1 Å². The molecular weight excluding hydrogens is 480 g/mol. The fourth-order valence-corrected chi connectivity index (χ4v) is 5.41. The number of carboxylic acids is 1. The summed E-state index contributed by atoms with van der Waals surface area (Å²) in [5, 5.41) is 13.1. The first-order valence-corrected chi connectivity index (χ1v) is 10.8. The summed E-state index contributed by atoms with van der Waals surface area (Å²) in [5.41, 5.74) is 0.211. The first-order chi connectivity index (χ1) is 15.2. The van der Waals surface area contributed by atoms with Crippen LogP contribution >= 0.6 is 15.9 Å². The second kappa shape index (κ2) is 7.90. The molecule has 0 spiro atoms. The van der Waals surface area contributed by atoms with Crippen LogP contribution in [0.3, 0.4) is 0 Å². The number of aryl methyl sites for hydroxylation is 1. The van der Waals surface area contributed by atoms with Crippen molar-refractivity contribution in [3.8, 4) is 11.5 Å². The summed E-state index contributed by atoms with van der Waals surface area (Å²) in [4.78, 5) is 40.5. The fraction of sp³-hybridized carbons (Fsp3) is 0.348. The van der Waals surface area contributed by atoms with Crippen molar-refractivity contribution >= 4 is 39.4 Å². The number of hydrogen-bond donors (Lipinski definition) is 2. The lowest BCUT2D eigenvalue weighted by molar-refractivity contribution is -0.147. The van der Waals surface area contributed by atoms with E-state index in [9.17, 15) is 19.5 Å². The highest BCUT2D eigenvalue weighted by atomic mass is 79.9. The number of carboxylic acid groups (broad SMARTS) is 1. The van der Waals surface area contributed by atoms with Gasteiger partial charge in [0, 0.05) is 6.04 Å². The molecule has 2 aromatic carbocycles. The quantitative estimate of drug-likeness (QED) is 0.605. The van der Waals surface area contributed by atoms with Crippen molar-refractivity contribution in [1.29, 1.82) is 0 Å². The minimum atomic E-state index is -1.63. The Hall–Kier alpha value is -2.91. The number of nitrogens with zero attached hydrogens (tertiary/aromatic N) is 1. The molecule has 9 heteroatoms. The van der Waals surface area contributed by atoms with Crippen LogP contribution in [0.4, 0.5) is 5.69 Å². The average molecular weight is 503 g/mol. The Bertz CT molecular complexity index is 1140. The van der Waals surface area contributed by atoms with E-state index >= 15 is 0 Å². The predicted molar refractivity (Wildman–Crippen MR) is 120 cm³/mol. The third-order valence-corrected chi connectivity index (χ3v) is 6.99. The lowest BCUT2D eigenvalue weighted by atomic mass is 9.80. The molecule has 4 atom stereocenters. The zero-order chi connectivity index (χ0) is 23.4. The highest BCUT2D eigenvalue weighted by Gasteiger charge is 2.67. The number of methoxy groups -OCH3 is 2. The minimum absolute atomic E-state index is 0.423. The molecular formula is C23H23BrN2O6. The topological polar surface area (TPSA) is 105 Å². The number of imide groups is 1. The Labute approximate surface area is 193 Å². The van der Waals surface area contributed by atoms with E-state index in [1.165, 1.54) is 21.1 Å². The number of ether oxygens (including phenoxy) is 2. The molecule has 2 fully saturated rings. The SMILES string of the molecule is COc1cc(C2NC(C)(C(=O)O)C3C(=O)N(c4ccccc4C)C(=O)C23)cc(Br)c1OC. The van der Waals surface area contributed by atoms with Gasteiger partial charge in [-0.3, -0.25) is 19.7 Å². The maximum Gasteiger partial charge on any atom is 0.324 e. The van der Waals surface area contributed by atoms with Gasteiger partial charge in [0.15, 0.2) is 11.5 Å². The van der Waals surface area contributed by atoms with Crippen molar-refractivity contribution in [3.63, 3.8) is 0 Å². The van der Waals surface area contributed by atoms with E-state index < -0.39 is 41.2 Å². The Morgan fingerprint density at radius 3 is 2.44 bits per heavy atom. The van der Waals surface area contributed by atoms with Crippen molar-refractivity contribution in [1.82, 2.24) is 5.32 Å². The van der Waals surface area contributed by atoms with Gasteiger partial charge in [0.25, 0.3) is 0 Å². The second-order valence-corrected chi connectivity index (χ2v) is 9.02. The standard InChI is InChI=1S/C23H23BrN2O6/c1-11-7-5-6-8-14(11)26-20(27)16-17(21(26)28)23(2,22(29)30)25-18(16)12-9-13(24)19(32-4)15(10-12)31-3/h5-10,16-18,25H,1-4H3,(H,29,30). The number of fused-ring (bicyclic) bond motifs is 1. The third-order valence-electron chi connectivity index (χ3n) is 6.40. The Morgan fingerprint density at radius 1 is 1.16 bits per heavy atom. The Kier molecular flexibility index (Phi) is 5.50. The van der Waals surface area contributed by atoms with Crippen LogP contribution in [-0.4, -0.2) is 42.6 Å². The van der Waals surface area contributed by atoms with E-state index in [2.05, 4.69) is 21.2 Å². The molecule has 0 aliphatic carbocycles. The van der Waals surface area contributed by atoms with Crippen LogP contribution in [0.1, 0.15) is 24.1 Å². The number of aliphatic carboxylic acids is 1. The Balaban J connectivity index is 1.86. The predicted octanol–water partition coefficient (Wildman–Crippen LogP) is 3.07. The number of carbonyl (C=O) groups is 3. The molecule has 2 amide bonds. The molecule has 4 unspecified atom stereocenters. The first kappa shape index (κ1) is 22.3. The van der Waals surface area contributed by atoms with E-state index in [1.807, 2.05) is 19.1 Å². The number of amides is 2. The Morgan fingerprint density at radius 2 is 1.84 bits per heavy atom. The van der Waals surface area contributed by atoms with Gasteiger partial charge in [-0.15, -0.1) is 0 Å². The molecule has 2 saturated heterocycles. The average Bonchev–Trinajstić information content (AvgIpc) is 3.22. The summed E-state index contributed by atoms with van der Waals surface area (Å²) in [7, 11) is 3.00. The number of para-hydroxylation sites is 1. The van der Waals surface area contributed by atoms with Gasteiger partial charge in [-0.25, -0.2) is 4.90 Å². The van der Waals surface area contributed by atoms with Gasteiger partial charge in [-0.2, -0.15) is 0 Å². The van der Waals surface area contributed by atoms with Crippen LogP contribution in [0, 0.1) is 18.8 Å².